The zero-order valence-corrected chi connectivity index (χ0v) is 12.0. The second-order valence-electron chi connectivity index (χ2n) is 5.22. The highest BCUT2D eigenvalue weighted by Gasteiger charge is 2.20. The van der Waals surface area contributed by atoms with Crippen LogP contribution in [0.1, 0.15) is 12.5 Å². The molecule has 0 bridgehead atoms. The molecule has 1 aliphatic rings. The van der Waals surface area contributed by atoms with Crippen molar-refractivity contribution in [2.24, 2.45) is 0 Å². The van der Waals surface area contributed by atoms with Crippen LogP contribution in [0.3, 0.4) is 0 Å². The van der Waals surface area contributed by atoms with Crippen LogP contribution in [0.15, 0.2) is 48.5 Å². The molecule has 1 heterocycles. The highest BCUT2D eigenvalue weighted by molar-refractivity contribution is 5.68. The Balaban J connectivity index is 2.05. The summed E-state index contributed by atoms with van der Waals surface area (Å²) in [5.74, 6) is 0.893. The third kappa shape index (κ3) is 2.49. The van der Waals surface area contributed by atoms with Gasteiger partial charge in [0.05, 0.1) is 7.11 Å². The molecule has 104 valence electrons. The van der Waals surface area contributed by atoms with E-state index < -0.39 is 0 Å². The lowest BCUT2D eigenvalue weighted by atomic mass is 10.1. The lowest BCUT2D eigenvalue weighted by molar-refractivity contribution is 0.415. The highest BCUT2D eigenvalue weighted by atomic mass is 16.5. The van der Waals surface area contributed by atoms with Crippen LogP contribution in [-0.4, -0.2) is 19.7 Å². The zero-order chi connectivity index (χ0) is 13.9. The van der Waals surface area contributed by atoms with Gasteiger partial charge in [0, 0.05) is 36.6 Å². The maximum Gasteiger partial charge on any atom is 0.120 e. The lowest BCUT2D eigenvalue weighted by Gasteiger charge is -2.27. The maximum absolute atomic E-state index is 5.35. The van der Waals surface area contributed by atoms with E-state index >= 15 is 0 Å². The minimum absolute atomic E-state index is 0.439. The minimum Gasteiger partial charge on any atom is -0.497 e. The van der Waals surface area contributed by atoms with Crippen LogP contribution in [0.25, 0.3) is 0 Å². The van der Waals surface area contributed by atoms with Crippen molar-refractivity contribution in [2.75, 3.05) is 18.6 Å². The first-order chi connectivity index (χ1) is 9.78. The Morgan fingerprint density at radius 3 is 2.85 bits per heavy atom. The molecule has 0 radical (unpaired) electrons. The van der Waals surface area contributed by atoms with Crippen molar-refractivity contribution in [2.45, 2.75) is 19.5 Å². The second-order valence-corrected chi connectivity index (χ2v) is 5.22. The van der Waals surface area contributed by atoms with Crippen molar-refractivity contribution in [3.63, 3.8) is 0 Å². The third-order valence-corrected chi connectivity index (χ3v) is 3.74. The first kappa shape index (κ1) is 13.0. The van der Waals surface area contributed by atoms with Crippen LogP contribution in [-0.2, 0) is 6.54 Å². The molecule has 0 fully saturated rings. The number of hydrogen-bond acceptors (Lipinski definition) is 3. The smallest absolute Gasteiger partial charge is 0.120 e. The molecule has 3 nitrogen and oxygen atoms in total. The summed E-state index contributed by atoms with van der Waals surface area (Å²) in [6, 6.07) is 17.3. The minimum atomic E-state index is 0.439. The van der Waals surface area contributed by atoms with Gasteiger partial charge >= 0.3 is 0 Å². The fraction of sp³-hybridized carbons (Fsp3) is 0.294. The molecule has 20 heavy (non-hydrogen) atoms. The van der Waals surface area contributed by atoms with Crippen molar-refractivity contribution in [3.05, 3.63) is 54.1 Å². The predicted octanol–water partition coefficient (Wildman–Crippen LogP) is 3.33. The summed E-state index contributed by atoms with van der Waals surface area (Å²) in [5.41, 5.74) is 3.78. The summed E-state index contributed by atoms with van der Waals surface area (Å²) in [6.45, 7) is 4.08. The van der Waals surface area contributed by atoms with Crippen molar-refractivity contribution in [1.29, 1.82) is 0 Å². The number of para-hydroxylation sites is 1. The van der Waals surface area contributed by atoms with E-state index in [1.54, 1.807) is 7.11 Å². The zero-order valence-electron chi connectivity index (χ0n) is 12.0. The first-order valence-electron chi connectivity index (χ1n) is 7.01. The molecule has 0 spiro atoms. The van der Waals surface area contributed by atoms with Gasteiger partial charge in [-0.3, -0.25) is 0 Å². The topological polar surface area (TPSA) is 24.5 Å². The third-order valence-electron chi connectivity index (χ3n) is 3.74. The summed E-state index contributed by atoms with van der Waals surface area (Å²) in [7, 11) is 1.71. The fourth-order valence-electron chi connectivity index (χ4n) is 2.67. The number of fused-ring (bicyclic) bond motifs is 1. The number of hydrogen-bond donors (Lipinski definition) is 1. The van der Waals surface area contributed by atoms with E-state index in [9.17, 15) is 0 Å². The SMILES string of the molecule is COc1cccc(N2CC(C)NCc3ccccc32)c1. The summed E-state index contributed by atoms with van der Waals surface area (Å²) >= 11 is 0. The van der Waals surface area contributed by atoms with Gasteiger partial charge in [-0.1, -0.05) is 24.3 Å². The van der Waals surface area contributed by atoms with E-state index in [0.717, 1.165) is 18.8 Å². The van der Waals surface area contributed by atoms with E-state index in [2.05, 4.69) is 53.5 Å². The molecule has 0 saturated carbocycles. The second kappa shape index (κ2) is 5.55. The number of ether oxygens (including phenoxy) is 1. The Hall–Kier alpha value is -2.00. The van der Waals surface area contributed by atoms with Gasteiger partial charge in [0.1, 0.15) is 5.75 Å². The van der Waals surface area contributed by atoms with E-state index in [0.29, 0.717) is 6.04 Å². The van der Waals surface area contributed by atoms with Gasteiger partial charge in [0.25, 0.3) is 0 Å². The van der Waals surface area contributed by atoms with Crippen LogP contribution in [0.4, 0.5) is 11.4 Å². The Bertz CT molecular complexity index is 597. The number of nitrogens with one attached hydrogen (secondary N) is 1. The molecule has 1 atom stereocenters. The molecule has 0 saturated heterocycles. The molecule has 0 aromatic heterocycles. The molecule has 2 aromatic carbocycles. The molecular formula is C17H20N2O. The van der Waals surface area contributed by atoms with Crippen LogP contribution in [0, 0.1) is 0 Å². The summed E-state index contributed by atoms with van der Waals surface area (Å²) in [4.78, 5) is 2.36. The Morgan fingerprint density at radius 2 is 2.00 bits per heavy atom. The van der Waals surface area contributed by atoms with Gasteiger partial charge < -0.3 is 15.0 Å². The standard InChI is InChI=1S/C17H20N2O/c1-13-12-19(15-7-5-8-16(10-15)20-2)17-9-4-3-6-14(17)11-18-13/h3-10,13,18H,11-12H2,1-2H3. The molecular weight excluding hydrogens is 248 g/mol. The normalized spacial score (nSPS) is 18.3. The fourth-order valence-corrected chi connectivity index (χ4v) is 2.67. The van der Waals surface area contributed by atoms with Crippen molar-refractivity contribution in [1.82, 2.24) is 5.32 Å². The average Bonchev–Trinajstić information content (AvgIpc) is 2.67. The predicted molar refractivity (Wildman–Crippen MR) is 82.7 cm³/mol. The molecule has 1 N–H and O–H groups in total. The largest absolute Gasteiger partial charge is 0.497 e. The molecule has 2 aromatic rings. The van der Waals surface area contributed by atoms with Gasteiger partial charge in [-0.2, -0.15) is 0 Å². The van der Waals surface area contributed by atoms with E-state index in [1.165, 1.54) is 16.9 Å². The first-order valence-corrected chi connectivity index (χ1v) is 7.01. The molecule has 0 aliphatic carbocycles. The van der Waals surface area contributed by atoms with Crippen molar-refractivity contribution < 1.29 is 4.74 Å². The molecule has 1 unspecified atom stereocenters. The van der Waals surface area contributed by atoms with E-state index in [-0.39, 0.29) is 0 Å². The summed E-state index contributed by atoms with van der Waals surface area (Å²) in [6.07, 6.45) is 0. The van der Waals surface area contributed by atoms with Crippen LogP contribution in [0.2, 0.25) is 0 Å². The molecule has 1 aliphatic heterocycles. The number of nitrogens with zero attached hydrogens (tertiary/aromatic N) is 1. The Kier molecular flexibility index (Phi) is 3.61. The lowest BCUT2D eigenvalue weighted by Crippen LogP contribution is -2.33. The van der Waals surface area contributed by atoms with Gasteiger partial charge in [0.2, 0.25) is 0 Å². The van der Waals surface area contributed by atoms with Crippen LogP contribution < -0.4 is 15.0 Å². The van der Waals surface area contributed by atoms with Crippen molar-refractivity contribution in [3.8, 4) is 5.75 Å². The summed E-state index contributed by atoms with van der Waals surface area (Å²) < 4.78 is 5.35. The van der Waals surface area contributed by atoms with E-state index in [4.69, 9.17) is 4.74 Å². The number of rotatable bonds is 2. The molecule has 0 amide bonds. The molecule has 3 heteroatoms. The van der Waals surface area contributed by atoms with Gasteiger partial charge in [0.15, 0.2) is 0 Å². The van der Waals surface area contributed by atoms with Gasteiger partial charge in [-0.15, -0.1) is 0 Å². The van der Waals surface area contributed by atoms with E-state index in [1.807, 2.05) is 12.1 Å². The van der Waals surface area contributed by atoms with Gasteiger partial charge in [-0.05, 0) is 30.7 Å². The van der Waals surface area contributed by atoms with Gasteiger partial charge in [-0.25, -0.2) is 0 Å². The Morgan fingerprint density at radius 1 is 1.15 bits per heavy atom. The number of methoxy groups -OCH3 is 1. The number of anilines is 2. The average molecular weight is 268 g/mol. The molecule has 3 rings (SSSR count). The quantitative estimate of drug-likeness (QED) is 0.904. The summed E-state index contributed by atoms with van der Waals surface area (Å²) in [5, 5.41) is 3.56. The van der Waals surface area contributed by atoms with Crippen LogP contribution >= 0.6 is 0 Å². The maximum atomic E-state index is 5.35. The Labute approximate surface area is 120 Å². The highest BCUT2D eigenvalue weighted by Crippen LogP contribution is 2.32. The van der Waals surface area contributed by atoms with Crippen LogP contribution in [0.5, 0.6) is 5.75 Å². The number of benzene rings is 2. The monoisotopic (exact) mass is 268 g/mol. The van der Waals surface area contributed by atoms with Crippen molar-refractivity contribution >= 4 is 11.4 Å².